The number of nitro groups is 1. The molecule has 5 nitrogen and oxygen atoms in total. The molecule has 2 aromatic carbocycles. The van der Waals surface area contributed by atoms with Crippen molar-refractivity contribution < 1.29 is 9.66 Å². The van der Waals surface area contributed by atoms with E-state index in [9.17, 15) is 10.1 Å². The Balaban J connectivity index is 2.38. The van der Waals surface area contributed by atoms with E-state index in [0.29, 0.717) is 12.3 Å². The molecule has 0 saturated heterocycles. The van der Waals surface area contributed by atoms with Crippen LogP contribution in [0.1, 0.15) is 5.56 Å². The number of benzene rings is 2. The van der Waals surface area contributed by atoms with E-state index in [1.54, 1.807) is 6.07 Å². The van der Waals surface area contributed by atoms with Crippen molar-refractivity contribution in [1.82, 2.24) is 5.32 Å². The Morgan fingerprint density at radius 2 is 1.86 bits per heavy atom. The van der Waals surface area contributed by atoms with Crippen LogP contribution in [0.3, 0.4) is 0 Å². The third-order valence-electron chi connectivity index (χ3n) is 2.75. The van der Waals surface area contributed by atoms with Crippen molar-refractivity contribution in [2.75, 3.05) is 7.05 Å². The molecule has 0 amide bonds. The quantitative estimate of drug-likeness (QED) is 0.652. The van der Waals surface area contributed by atoms with E-state index in [0.717, 1.165) is 5.56 Å². The molecule has 2 aromatic rings. The first kappa shape index (κ1) is 15.6. The van der Waals surface area contributed by atoms with E-state index in [1.807, 2.05) is 25.2 Å². The second-order valence-corrected chi connectivity index (χ2v) is 5.05. The van der Waals surface area contributed by atoms with Gasteiger partial charge in [-0.2, -0.15) is 0 Å². The first-order valence-electron chi connectivity index (χ1n) is 6.06. The van der Waals surface area contributed by atoms with E-state index < -0.39 is 4.92 Å². The SMILES string of the molecule is CNCc1ccccc1Oc1c(Cl)cc([N+](=O)[O-])cc1Cl. The largest absolute Gasteiger partial charge is 0.454 e. The number of nitrogens with one attached hydrogen (secondary N) is 1. The number of halogens is 2. The highest BCUT2D eigenvalue weighted by molar-refractivity contribution is 6.37. The molecule has 0 heterocycles. The minimum Gasteiger partial charge on any atom is -0.454 e. The number of nitro benzene ring substituents is 1. The molecule has 0 unspecified atom stereocenters. The lowest BCUT2D eigenvalue weighted by Gasteiger charge is -2.13. The Kier molecular flexibility index (Phi) is 5.01. The highest BCUT2D eigenvalue weighted by Crippen LogP contribution is 2.40. The van der Waals surface area contributed by atoms with Crippen LogP contribution in [0.2, 0.25) is 10.0 Å². The van der Waals surface area contributed by atoms with Crippen molar-refractivity contribution in [1.29, 1.82) is 0 Å². The Morgan fingerprint density at radius 3 is 2.43 bits per heavy atom. The highest BCUT2D eigenvalue weighted by Gasteiger charge is 2.17. The molecular formula is C14H12Cl2N2O3. The average Bonchev–Trinajstić information content (AvgIpc) is 2.44. The second kappa shape index (κ2) is 6.76. The van der Waals surface area contributed by atoms with Gasteiger partial charge in [0.25, 0.3) is 5.69 Å². The number of rotatable bonds is 5. The number of non-ortho nitro benzene ring substituents is 1. The van der Waals surface area contributed by atoms with E-state index in [1.165, 1.54) is 12.1 Å². The molecule has 0 spiro atoms. The predicted octanol–water partition coefficient (Wildman–Crippen LogP) is 4.41. The van der Waals surface area contributed by atoms with Crippen LogP contribution in [-0.2, 0) is 6.54 Å². The lowest BCUT2D eigenvalue weighted by atomic mass is 10.2. The van der Waals surface area contributed by atoms with Gasteiger partial charge in [0.1, 0.15) is 5.75 Å². The topological polar surface area (TPSA) is 64.4 Å². The Labute approximate surface area is 131 Å². The van der Waals surface area contributed by atoms with Crippen LogP contribution in [0, 0.1) is 10.1 Å². The average molecular weight is 327 g/mol. The molecule has 7 heteroatoms. The Hall–Kier alpha value is -1.82. The summed E-state index contributed by atoms with van der Waals surface area (Å²) in [5, 5.41) is 14.0. The van der Waals surface area contributed by atoms with Gasteiger partial charge in [0.15, 0.2) is 5.75 Å². The van der Waals surface area contributed by atoms with Crippen molar-refractivity contribution in [3.8, 4) is 11.5 Å². The van der Waals surface area contributed by atoms with Crippen LogP contribution in [0.5, 0.6) is 11.5 Å². The van der Waals surface area contributed by atoms with Crippen LogP contribution < -0.4 is 10.1 Å². The Morgan fingerprint density at radius 1 is 1.24 bits per heavy atom. The minimum absolute atomic E-state index is 0.0912. The fourth-order valence-electron chi connectivity index (χ4n) is 1.80. The molecular weight excluding hydrogens is 315 g/mol. The maximum atomic E-state index is 10.8. The third kappa shape index (κ3) is 3.64. The van der Waals surface area contributed by atoms with Gasteiger partial charge < -0.3 is 10.1 Å². The summed E-state index contributed by atoms with van der Waals surface area (Å²) in [7, 11) is 1.82. The fourth-order valence-corrected chi connectivity index (χ4v) is 2.35. The number of hydrogen-bond donors (Lipinski definition) is 1. The third-order valence-corrected chi connectivity index (χ3v) is 3.31. The van der Waals surface area contributed by atoms with Crippen molar-refractivity contribution in [2.45, 2.75) is 6.54 Å². The summed E-state index contributed by atoms with van der Waals surface area (Å²) in [6.07, 6.45) is 0. The van der Waals surface area contributed by atoms with Gasteiger partial charge in [-0.1, -0.05) is 41.4 Å². The molecule has 110 valence electrons. The van der Waals surface area contributed by atoms with Gasteiger partial charge in [-0.25, -0.2) is 0 Å². The summed E-state index contributed by atoms with van der Waals surface area (Å²) >= 11 is 12.1. The molecule has 0 aliphatic heterocycles. The van der Waals surface area contributed by atoms with Gasteiger partial charge in [0.2, 0.25) is 0 Å². The number of ether oxygens (including phenoxy) is 1. The standard InChI is InChI=1S/C14H12Cl2N2O3/c1-17-8-9-4-2-3-5-13(9)21-14-11(15)6-10(18(19)20)7-12(14)16/h2-7,17H,8H2,1H3. The first-order valence-corrected chi connectivity index (χ1v) is 6.82. The van der Waals surface area contributed by atoms with Crippen molar-refractivity contribution in [2.24, 2.45) is 0 Å². The van der Waals surface area contributed by atoms with Crippen LogP contribution in [-0.4, -0.2) is 12.0 Å². The zero-order chi connectivity index (χ0) is 15.4. The molecule has 0 aliphatic rings. The van der Waals surface area contributed by atoms with Crippen molar-refractivity contribution >= 4 is 28.9 Å². The molecule has 0 fully saturated rings. The van der Waals surface area contributed by atoms with Gasteiger partial charge in [0, 0.05) is 24.2 Å². The number of para-hydroxylation sites is 1. The molecule has 0 atom stereocenters. The van der Waals surface area contributed by atoms with E-state index in [-0.39, 0.29) is 21.5 Å². The molecule has 2 rings (SSSR count). The highest BCUT2D eigenvalue weighted by atomic mass is 35.5. The monoisotopic (exact) mass is 326 g/mol. The lowest BCUT2D eigenvalue weighted by molar-refractivity contribution is -0.384. The zero-order valence-corrected chi connectivity index (χ0v) is 12.6. The molecule has 1 N–H and O–H groups in total. The number of hydrogen-bond acceptors (Lipinski definition) is 4. The molecule has 0 bridgehead atoms. The molecule has 0 aliphatic carbocycles. The van der Waals surface area contributed by atoms with Crippen LogP contribution >= 0.6 is 23.2 Å². The molecule has 0 radical (unpaired) electrons. The maximum Gasteiger partial charge on any atom is 0.272 e. The summed E-state index contributed by atoms with van der Waals surface area (Å²) in [6, 6.07) is 9.81. The zero-order valence-electron chi connectivity index (χ0n) is 11.1. The van der Waals surface area contributed by atoms with Gasteiger partial charge in [-0.05, 0) is 13.1 Å². The fraction of sp³-hybridized carbons (Fsp3) is 0.143. The smallest absolute Gasteiger partial charge is 0.272 e. The second-order valence-electron chi connectivity index (χ2n) is 4.24. The normalized spacial score (nSPS) is 10.4. The Bertz CT molecular complexity index is 654. The summed E-state index contributed by atoms with van der Waals surface area (Å²) < 4.78 is 5.73. The van der Waals surface area contributed by atoms with E-state index in [2.05, 4.69) is 5.32 Å². The lowest BCUT2D eigenvalue weighted by Crippen LogP contribution is -2.06. The van der Waals surface area contributed by atoms with Crippen LogP contribution in [0.15, 0.2) is 36.4 Å². The van der Waals surface area contributed by atoms with E-state index in [4.69, 9.17) is 27.9 Å². The predicted molar refractivity (Wildman–Crippen MR) is 82.4 cm³/mol. The molecule has 21 heavy (non-hydrogen) atoms. The van der Waals surface area contributed by atoms with Gasteiger partial charge >= 0.3 is 0 Å². The number of nitrogens with zero attached hydrogens (tertiary/aromatic N) is 1. The van der Waals surface area contributed by atoms with Crippen LogP contribution in [0.25, 0.3) is 0 Å². The van der Waals surface area contributed by atoms with Crippen molar-refractivity contribution in [3.63, 3.8) is 0 Å². The first-order chi connectivity index (χ1) is 10.0. The molecule has 0 aromatic heterocycles. The van der Waals surface area contributed by atoms with Crippen molar-refractivity contribution in [3.05, 3.63) is 62.1 Å². The molecule has 0 saturated carbocycles. The van der Waals surface area contributed by atoms with E-state index >= 15 is 0 Å². The minimum atomic E-state index is -0.559. The summed E-state index contributed by atoms with van der Waals surface area (Å²) in [5.74, 6) is 0.789. The van der Waals surface area contributed by atoms with Gasteiger partial charge in [-0.3, -0.25) is 10.1 Å². The van der Waals surface area contributed by atoms with Crippen LogP contribution in [0.4, 0.5) is 5.69 Å². The summed E-state index contributed by atoms with van der Waals surface area (Å²) in [4.78, 5) is 10.2. The summed E-state index contributed by atoms with van der Waals surface area (Å²) in [6.45, 7) is 0.610. The summed E-state index contributed by atoms with van der Waals surface area (Å²) in [5.41, 5.74) is 0.742. The van der Waals surface area contributed by atoms with Gasteiger partial charge in [-0.15, -0.1) is 0 Å². The maximum absolute atomic E-state index is 10.8. The van der Waals surface area contributed by atoms with Gasteiger partial charge in [0.05, 0.1) is 15.0 Å².